The summed E-state index contributed by atoms with van der Waals surface area (Å²) in [4.78, 5) is 17.2. The fourth-order valence-electron chi connectivity index (χ4n) is 1.87. The average Bonchev–Trinajstić information content (AvgIpc) is 2.47. The van der Waals surface area contributed by atoms with Crippen LogP contribution in [-0.4, -0.2) is 29.9 Å². The van der Waals surface area contributed by atoms with E-state index in [4.69, 9.17) is 4.74 Å². The fraction of sp³-hybridized carbons (Fsp3) is 0.200. The van der Waals surface area contributed by atoms with Crippen LogP contribution in [0.4, 0.5) is 4.39 Å². The van der Waals surface area contributed by atoms with E-state index in [1.165, 1.54) is 17.2 Å². The molecule has 4 nitrogen and oxygen atoms in total. The number of carbonyl (C=O) groups is 1. The quantitative estimate of drug-likeness (QED) is 0.860. The van der Waals surface area contributed by atoms with Crippen molar-refractivity contribution < 1.29 is 13.9 Å². The molecule has 1 amide bonds. The molecule has 1 aromatic carbocycles. The highest BCUT2D eigenvalue weighted by Gasteiger charge is 2.16. The second-order valence-electron chi connectivity index (χ2n) is 4.37. The molecule has 0 aliphatic heterocycles. The molecule has 2 rings (SSSR count). The molecule has 5 heteroatoms. The molecule has 0 radical (unpaired) electrons. The van der Waals surface area contributed by atoms with Crippen molar-refractivity contribution in [1.82, 2.24) is 9.88 Å². The number of hydrogen-bond donors (Lipinski definition) is 0. The molecule has 0 saturated heterocycles. The van der Waals surface area contributed by atoms with E-state index in [0.717, 1.165) is 17.5 Å². The summed E-state index contributed by atoms with van der Waals surface area (Å²) < 4.78 is 18.7. The Balaban J connectivity index is 2.13. The highest BCUT2D eigenvalue weighted by atomic mass is 19.1. The predicted octanol–water partition coefficient (Wildman–Crippen LogP) is 2.50. The molecule has 0 N–H and O–H groups in total. The van der Waals surface area contributed by atoms with Crippen molar-refractivity contribution in [3.8, 4) is 5.75 Å². The summed E-state index contributed by atoms with van der Waals surface area (Å²) in [5.74, 6) is -0.277. The van der Waals surface area contributed by atoms with Crippen LogP contribution in [0.1, 0.15) is 15.9 Å². The Morgan fingerprint density at radius 2 is 2.20 bits per heavy atom. The maximum Gasteiger partial charge on any atom is 0.256 e. The Kier molecular flexibility index (Phi) is 4.30. The van der Waals surface area contributed by atoms with Crippen molar-refractivity contribution in [3.05, 3.63) is 59.7 Å². The number of hydrogen-bond acceptors (Lipinski definition) is 3. The number of ether oxygens (including phenoxy) is 1. The first kappa shape index (κ1) is 14.0. The van der Waals surface area contributed by atoms with E-state index in [9.17, 15) is 9.18 Å². The number of benzene rings is 1. The molecule has 0 unspecified atom stereocenters. The molecule has 1 aromatic heterocycles. The summed E-state index contributed by atoms with van der Waals surface area (Å²) in [6, 6.07) is 8.77. The third-order valence-corrected chi connectivity index (χ3v) is 2.90. The largest absolute Gasteiger partial charge is 0.497 e. The lowest BCUT2D eigenvalue weighted by Crippen LogP contribution is -2.27. The zero-order valence-corrected chi connectivity index (χ0v) is 11.3. The van der Waals surface area contributed by atoms with Gasteiger partial charge in [-0.05, 0) is 23.8 Å². The summed E-state index contributed by atoms with van der Waals surface area (Å²) in [5.41, 5.74) is 0.931. The number of halogens is 1. The maximum absolute atomic E-state index is 13.5. The first-order valence-electron chi connectivity index (χ1n) is 6.09. The predicted molar refractivity (Wildman–Crippen MR) is 73.0 cm³/mol. The third kappa shape index (κ3) is 3.12. The van der Waals surface area contributed by atoms with Crippen LogP contribution in [-0.2, 0) is 6.54 Å². The van der Waals surface area contributed by atoms with Crippen LogP contribution in [0, 0.1) is 5.82 Å². The molecular weight excluding hydrogens is 259 g/mol. The van der Waals surface area contributed by atoms with Gasteiger partial charge in [-0.25, -0.2) is 4.39 Å². The van der Waals surface area contributed by atoms with E-state index in [1.54, 1.807) is 14.2 Å². The van der Waals surface area contributed by atoms with Gasteiger partial charge in [0, 0.05) is 19.8 Å². The van der Waals surface area contributed by atoms with Gasteiger partial charge in [0.2, 0.25) is 0 Å². The summed E-state index contributed by atoms with van der Waals surface area (Å²) in [6.07, 6.45) is 2.43. The van der Waals surface area contributed by atoms with Gasteiger partial charge in [0.05, 0.1) is 18.9 Å². The minimum absolute atomic E-state index is 0.0189. The van der Waals surface area contributed by atoms with E-state index in [0.29, 0.717) is 6.54 Å². The molecular formula is C15H15FN2O2. The van der Waals surface area contributed by atoms with Crippen molar-refractivity contribution >= 4 is 5.91 Å². The van der Waals surface area contributed by atoms with Crippen LogP contribution in [0.5, 0.6) is 5.75 Å². The van der Waals surface area contributed by atoms with Gasteiger partial charge >= 0.3 is 0 Å². The second-order valence-corrected chi connectivity index (χ2v) is 4.37. The third-order valence-electron chi connectivity index (χ3n) is 2.90. The van der Waals surface area contributed by atoms with Crippen LogP contribution in [0.15, 0.2) is 42.7 Å². The highest BCUT2D eigenvalue weighted by Crippen LogP contribution is 2.15. The van der Waals surface area contributed by atoms with Gasteiger partial charge in [0.25, 0.3) is 5.91 Å². The van der Waals surface area contributed by atoms with Crippen LogP contribution in [0.2, 0.25) is 0 Å². The lowest BCUT2D eigenvalue weighted by Gasteiger charge is -2.18. The molecule has 104 valence electrons. The zero-order chi connectivity index (χ0) is 14.5. The Hall–Kier alpha value is -2.43. The molecule has 0 saturated carbocycles. The molecule has 0 aliphatic carbocycles. The summed E-state index contributed by atoms with van der Waals surface area (Å²) in [5, 5.41) is 0. The first-order valence-corrected chi connectivity index (χ1v) is 6.09. The first-order chi connectivity index (χ1) is 9.61. The van der Waals surface area contributed by atoms with Gasteiger partial charge < -0.3 is 9.64 Å². The molecule has 0 fully saturated rings. The van der Waals surface area contributed by atoms with Crippen molar-refractivity contribution in [2.45, 2.75) is 6.54 Å². The zero-order valence-electron chi connectivity index (χ0n) is 11.3. The maximum atomic E-state index is 13.5. The molecule has 20 heavy (non-hydrogen) atoms. The average molecular weight is 274 g/mol. The Morgan fingerprint density at radius 1 is 1.40 bits per heavy atom. The smallest absolute Gasteiger partial charge is 0.256 e. The van der Waals surface area contributed by atoms with Crippen molar-refractivity contribution in [3.63, 3.8) is 0 Å². The lowest BCUT2D eigenvalue weighted by molar-refractivity contribution is 0.0780. The van der Waals surface area contributed by atoms with Crippen LogP contribution >= 0.6 is 0 Å². The molecule has 0 aliphatic rings. The van der Waals surface area contributed by atoms with Crippen LogP contribution < -0.4 is 4.74 Å². The van der Waals surface area contributed by atoms with Gasteiger partial charge in [-0.3, -0.25) is 9.78 Å². The number of nitrogens with zero attached hydrogens (tertiary/aromatic N) is 2. The van der Waals surface area contributed by atoms with Crippen molar-refractivity contribution in [2.24, 2.45) is 0 Å². The topological polar surface area (TPSA) is 42.4 Å². The number of amides is 1. The minimum atomic E-state index is -0.616. The number of pyridine rings is 1. The summed E-state index contributed by atoms with van der Waals surface area (Å²) >= 11 is 0. The second kappa shape index (κ2) is 6.14. The Bertz CT molecular complexity index is 616. The number of aromatic nitrogens is 1. The van der Waals surface area contributed by atoms with Crippen LogP contribution in [0.3, 0.4) is 0 Å². The molecule has 2 aromatic rings. The van der Waals surface area contributed by atoms with E-state index < -0.39 is 5.82 Å². The Morgan fingerprint density at radius 3 is 2.90 bits per heavy atom. The molecule has 0 atom stereocenters. The Labute approximate surface area is 116 Å². The van der Waals surface area contributed by atoms with Gasteiger partial charge in [-0.2, -0.15) is 0 Å². The van der Waals surface area contributed by atoms with E-state index >= 15 is 0 Å². The van der Waals surface area contributed by atoms with Crippen LogP contribution in [0.25, 0.3) is 0 Å². The van der Waals surface area contributed by atoms with E-state index in [2.05, 4.69) is 4.98 Å². The van der Waals surface area contributed by atoms with E-state index in [1.807, 2.05) is 24.3 Å². The minimum Gasteiger partial charge on any atom is -0.497 e. The molecule has 1 heterocycles. The van der Waals surface area contributed by atoms with Gasteiger partial charge in [-0.15, -0.1) is 0 Å². The van der Waals surface area contributed by atoms with Gasteiger partial charge in [0.1, 0.15) is 5.75 Å². The normalized spacial score (nSPS) is 10.2. The van der Waals surface area contributed by atoms with E-state index in [-0.39, 0.29) is 11.5 Å². The van der Waals surface area contributed by atoms with Crippen molar-refractivity contribution in [1.29, 1.82) is 0 Å². The van der Waals surface area contributed by atoms with Gasteiger partial charge in [0.15, 0.2) is 5.82 Å². The summed E-state index contributed by atoms with van der Waals surface area (Å²) in [6.45, 7) is 0.373. The highest BCUT2D eigenvalue weighted by molar-refractivity contribution is 5.94. The van der Waals surface area contributed by atoms with Gasteiger partial charge in [-0.1, -0.05) is 12.1 Å². The molecule has 0 bridgehead atoms. The lowest BCUT2D eigenvalue weighted by atomic mass is 10.2. The monoisotopic (exact) mass is 274 g/mol. The SMILES string of the molecule is COc1cccc(CN(C)C(=O)c2ccncc2F)c1. The number of carbonyl (C=O) groups excluding carboxylic acids is 1. The summed E-state index contributed by atoms with van der Waals surface area (Å²) in [7, 11) is 3.21. The number of methoxy groups -OCH3 is 1. The molecule has 0 spiro atoms. The number of rotatable bonds is 4. The fourth-order valence-corrected chi connectivity index (χ4v) is 1.87. The standard InChI is InChI=1S/C15H15FN2O2/c1-18(10-11-4-3-5-12(8-11)20-2)15(19)13-6-7-17-9-14(13)16/h3-9H,10H2,1-2H3. The van der Waals surface area contributed by atoms with Crippen molar-refractivity contribution in [2.75, 3.05) is 14.2 Å².